The minimum Gasteiger partial charge on any atom is -0.341 e. The van der Waals surface area contributed by atoms with Crippen LogP contribution in [-0.2, 0) is 0 Å². The lowest BCUT2D eigenvalue weighted by atomic mass is 9.84. The molecule has 0 radical (unpaired) electrons. The molecular formula is C17H22N6OS. The van der Waals surface area contributed by atoms with E-state index in [2.05, 4.69) is 24.5 Å². The molecule has 1 amide bonds. The fourth-order valence-corrected chi connectivity index (χ4v) is 4.58. The van der Waals surface area contributed by atoms with Crippen LogP contribution in [0.3, 0.4) is 0 Å². The molecule has 2 aromatic heterocycles. The number of likely N-dealkylation sites (tertiary alicyclic amines) is 1. The van der Waals surface area contributed by atoms with Crippen LogP contribution in [-0.4, -0.2) is 56.5 Å². The van der Waals surface area contributed by atoms with Crippen LogP contribution in [0.25, 0.3) is 0 Å². The maximum absolute atomic E-state index is 12.6. The molecule has 132 valence electrons. The van der Waals surface area contributed by atoms with Gasteiger partial charge in [-0.25, -0.2) is 9.97 Å². The number of aryl methyl sites for hydroxylation is 1. The summed E-state index contributed by atoms with van der Waals surface area (Å²) in [4.78, 5) is 26.3. The van der Waals surface area contributed by atoms with E-state index in [9.17, 15) is 4.79 Å². The lowest BCUT2D eigenvalue weighted by Gasteiger charge is -2.34. The molecule has 1 unspecified atom stereocenters. The summed E-state index contributed by atoms with van der Waals surface area (Å²) in [6.07, 6.45) is 6.98. The predicted octanol–water partition coefficient (Wildman–Crippen LogP) is 2.02. The maximum atomic E-state index is 12.6. The van der Waals surface area contributed by atoms with Crippen LogP contribution in [0.2, 0.25) is 0 Å². The quantitative estimate of drug-likeness (QED) is 0.835. The summed E-state index contributed by atoms with van der Waals surface area (Å²) in [7, 11) is 0. The van der Waals surface area contributed by atoms with E-state index >= 15 is 0 Å². The molecule has 1 atom stereocenters. The molecule has 4 rings (SSSR count). The number of nitrogens with zero attached hydrogens (tertiary/aromatic N) is 6. The topological polar surface area (TPSA) is 75.1 Å². The van der Waals surface area contributed by atoms with Crippen molar-refractivity contribution in [3.63, 3.8) is 0 Å². The first-order valence-corrected chi connectivity index (χ1v) is 9.60. The van der Waals surface area contributed by atoms with Crippen molar-refractivity contribution < 1.29 is 4.79 Å². The summed E-state index contributed by atoms with van der Waals surface area (Å²) in [5.74, 6) is 2.21. The minimum absolute atomic E-state index is 0.102. The van der Waals surface area contributed by atoms with Gasteiger partial charge in [-0.1, -0.05) is 4.49 Å². The van der Waals surface area contributed by atoms with Crippen LogP contribution in [0.5, 0.6) is 0 Å². The zero-order valence-electron chi connectivity index (χ0n) is 14.3. The molecule has 2 aromatic rings. The van der Waals surface area contributed by atoms with Gasteiger partial charge in [0.1, 0.15) is 4.88 Å². The van der Waals surface area contributed by atoms with Crippen LogP contribution in [0, 0.1) is 18.8 Å². The second-order valence-electron chi connectivity index (χ2n) is 6.86. The van der Waals surface area contributed by atoms with Crippen molar-refractivity contribution >= 4 is 23.4 Å². The normalized spacial score (nSPS) is 21.7. The number of piperidine rings is 1. The maximum Gasteiger partial charge on any atom is 0.267 e. The first kappa shape index (κ1) is 16.4. The Balaban J connectivity index is 1.33. The SMILES string of the molecule is Cc1nnsc1C(=O)N1CCC(C2CCN(c3ncccn3)CC2)C1. The monoisotopic (exact) mass is 358 g/mol. The Labute approximate surface area is 151 Å². The van der Waals surface area contributed by atoms with Gasteiger partial charge in [0.05, 0.1) is 5.69 Å². The second-order valence-corrected chi connectivity index (χ2v) is 7.61. The Morgan fingerprint density at radius 3 is 2.52 bits per heavy atom. The molecule has 0 N–H and O–H groups in total. The highest BCUT2D eigenvalue weighted by atomic mass is 32.1. The average molecular weight is 358 g/mol. The molecule has 0 spiro atoms. The van der Waals surface area contributed by atoms with Gasteiger partial charge in [-0.3, -0.25) is 4.79 Å². The Morgan fingerprint density at radius 1 is 1.12 bits per heavy atom. The van der Waals surface area contributed by atoms with Gasteiger partial charge < -0.3 is 9.80 Å². The van der Waals surface area contributed by atoms with Crippen molar-refractivity contribution in [3.8, 4) is 0 Å². The predicted molar refractivity (Wildman–Crippen MR) is 95.6 cm³/mol. The van der Waals surface area contributed by atoms with E-state index < -0.39 is 0 Å². The van der Waals surface area contributed by atoms with Gasteiger partial charge >= 0.3 is 0 Å². The van der Waals surface area contributed by atoms with E-state index in [4.69, 9.17) is 0 Å². The van der Waals surface area contributed by atoms with Crippen LogP contribution < -0.4 is 4.90 Å². The molecule has 4 heterocycles. The molecule has 2 saturated heterocycles. The second kappa shape index (κ2) is 7.03. The molecule has 2 fully saturated rings. The third-order valence-electron chi connectivity index (χ3n) is 5.40. The summed E-state index contributed by atoms with van der Waals surface area (Å²) in [6.45, 7) is 5.56. The molecule has 0 aromatic carbocycles. The van der Waals surface area contributed by atoms with Crippen molar-refractivity contribution in [1.82, 2.24) is 24.5 Å². The van der Waals surface area contributed by atoms with Gasteiger partial charge in [-0.05, 0) is 55.6 Å². The van der Waals surface area contributed by atoms with Crippen LogP contribution in [0.15, 0.2) is 18.5 Å². The number of anilines is 1. The number of carbonyl (C=O) groups is 1. The fraction of sp³-hybridized carbons (Fsp3) is 0.588. The third-order valence-corrected chi connectivity index (χ3v) is 6.21. The standard InChI is InChI=1S/C17H22N6OS/c1-12-15(25-21-20-12)16(24)23-10-5-14(11-23)13-3-8-22(9-4-13)17-18-6-2-7-19-17/h2,6-7,13-14H,3-5,8-11H2,1H3. The highest BCUT2D eigenvalue weighted by Gasteiger charge is 2.35. The van der Waals surface area contributed by atoms with E-state index in [0.717, 1.165) is 57.1 Å². The van der Waals surface area contributed by atoms with Crippen molar-refractivity contribution in [2.45, 2.75) is 26.2 Å². The number of rotatable bonds is 3. The molecule has 2 aliphatic rings. The molecule has 8 heteroatoms. The summed E-state index contributed by atoms with van der Waals surface area (Å²) in [5.41, 5.74) is 0.745. The molecule has 0 aliphatic carbocycles. The number of hydrogen-bond donors (Lipinski definition) is 0. The number of aromatic nitrogens is 4. The largest absolute Gasteiger partial charge is 0.341 e. The average Bonchev–Trinajstić information content (AvgIpc) is 3.31. The van der Waals surface area contributed by atoms with Crippen molar-refractivity contribution in [2.24, 2.45) is 11.8 Å². The first-order chi connectivity index (χ1) is 12.2. The molecule has 25 heavy (non-hydrogen) atoms. The fourth-order valence-electron chi connectivity index (χ4n) is 3.95. The number of carbonyl (C=O) groups excluding carboxylic acids is 1. The molecule has 0 saturated carbocycles. The van der Waals surface area contributed by atoms with Gasteiger partial charge in [0.25, 0.3) is 5.91 Å². The summed E-state index contributed by atoms with van der Waals surface area (Å²) in [5, 5.41) is 3.96. The number of amides is 1. The molecule has 0 bridgehead atoms. The lowest BCUT2D eigenvalue weighted by Crippen LogP contribution is -2.38. The Bertz CT molecular complexity index is 728. The minimum atomic E-state index is 0.102. The van der Waals surface area contributed by atoms with Gasteiger partial charge in [0, 0.05) is 38.6 Å². The highest BCUT2D eigenvalue weighted by molar-refractivity contribution is 7.07. The van der Waals surface area contributed by atoms with Gasteiger partial charge in [0.15, 0.2) is 0 Å². The zero-order valence-corrected chi connectivity index (χ0v) is 15.2. The van der Waals surface area contributed by atoms with Crippen LogP contribution in [0.4, 0.5) is 5.95 Å². The van der Waals surface area contributed by atoms with Crippen molar-refractivity contribution in [1.29, 1.82) is 0 Å². The van der Waals surface area contributed by atoms with Crippen molar-refractivity contribution in [3.05, 3.63) is 29.0 Å². The van der Waals surface area contributed by atoms with Gasteiger partial charge in [0.2, 0.25) is 5.95 Å². The first-order valence-electron chi connectivity index (χ1n) is 8.82. The van der Waals surface area contributed by atoms with E-state index in [0.29, 0.717) is 16.7 Å². The molecule has 2 aliphatic heterocycles. The van der Waals surface area contributed by atoms with Gasteiger partial charge in [-0.15, -0.1) is 5.10 Å². The van der Waals surface area contributed by atoms with E-state index in [-0.39, 0.29) is 5.91 Å². The molecule has 7 nitrogen and oxygen atoms in total. The van der Waals surface area contributed by atoms with Crippen LogP contribution >= 0.6 is 11.5 Å². The number of hydrogen-bond acceptors (Lipinski definition) is 7. The van der Waals surface area contributed by atoms with E-state index in [1.54, 1.807) is 12.4 Å². The van der Waals surface area contributed by atoms with E-state index in [1.165, 1.54) is 11.5 Å². The Morgan fingerprint density at radius 2 is 1.84 bits per heavy atom. The van der Waals surface area contributed by atoms with Gasteiger partial charge in [-0.2, -0.15) is 0 Å². The Kier molecular flexibility index (Phi) is 4.61. The highest BCUT2D eigenvalue weighted by Crippen LogP contribution is 2.33. The van der Waals surface area contributed by atoms with E-state index in [1.807, 2.05) is 17.9 Å². The smallest absolute Gasteiger partial charge is 0.267 e. The lowest BCUT2D eigenvalue weighted by molar-refractivity contribution is 0.0784. The third kappa shape index (κ3) is 3.35. The Hall–Kier alpha value is -2.09. The summed E-state index contributed by atoms with van der Waals surface area (Å²) < 4.78 is 3.89. The van der Waals surface area contributed by atoms with Crippen molar-refractivity contribution in [2.75, 3.05) is 31.1 Å². The summed E-state index contributed by atoms with van der Waals surface area (Å²) in [6, 6.07) is 1.85. The van der Waals surface area contributed by atoms with Crippen LogP contribution in [0.1, 0.15) is 34.6 Å². The zero-order chi connectivity index (χ0) is 17.2. The molecular weight excluding hydrogens is 336 g/mol. The summed E-state index contributed by atoms with van der Waals surface area (Å²) >= 11 is 1.21.